The van der Waals surface area contributed by atoms with Crippen LogP contribution in [0.4, 0.5) is 20.7 Å². The molecular formula is C19H19F2N5O. The predicted octanol–water partition coefficient (Wildman–Crippen LogP) is 3.83. The van der Waals surface area contributed by atoms with Gasteiger partial charge in [-0.3, -0.25) is 4.79 Å². The number of carbonyl (C=O) groups excluding carboxylic acids is 1. The Balaban J connectivity index is 1.70. The highest BCUT2D eigenvalue weighted by Gasteiger charge is 2.14. The van der Waals surface area contributed by atoms with E-state index in [9.17, 15) is 13.6 Å². The SMILES string of the molecule is CCC(=O)n1nc(NCc2ccc(F)cc2)nc1NCc1ccc(F)cc1. The summed E-state index contributed by atoms with van der Waals surface area (Å²) in [6.45, 7) is 2.49. The predicted molar refractivity (Wildman–Crippen MR) is 98.4 cm³/mol. The van der Waals surface area contributed by atoms with Crippen molar-refractivity contribution in [2.45, 2.75) is 26.4 Å². The fourth-order valence-corrected chi connectivity index (χ4v) is 2.39. The van der Waals surface area contributed by atoms with E-state index in [1.807, 2.05) is 0 Å². The van der Waals surface area contributed by atoms with Crippen molar-refractivity contribution in [1.82, 2.24) is 14.8 Å². The van der Waals surface area contributed by atoms with Crippen LogP contribution in [0.2, 0.25) is 0 Å². The van der Waals surface area contributed by atoms with Gasteiger partial charge in [0.15, 0.2) is 0 Å². The largest absolute Gasteiger partial charge is 0.350 e. The van der Waals surface area contributed by atoms with Crippen LogP contribution in [0, 0.1) is 11.6 Å². The molecule has 0 saturated carbocycles. The van der Waals surface area contributed by atoms with Crippen LogP contribution < -0.4 is 10.6 Å². The van der Waals surface area contributed by atoms with E-state index in [1.165, 1.54) is 28.9 Å². The maximum Gasteiger partial charge on any atom is 0.249 e. The van der Waals surface area contributed by atoms with Gasteiger partial charge < -0.3 is 10.6 Å². The molecule has 0 saturated heterocycles. The highest BCUT2D eigenvalue weighted by molar-refractivity contribution is 5.80. The van der Waals surface area contributed by atoms with Crippen molar-refractivity contribution < 1.29 is 13.6 Å². The third-order valence-electron chi connectivity index (χ3n) is 3.87. The van der Waals surface area contributed by atoms with E-state index in [1.54, 1.807) is 31.2 Å². The fraction of sp³-hybridized carbons (Fsp3) is 0.211. The molecule has 1 heterocycles. The minimum atomic E-state index is -0.310. The summed E-state index contributed by atoms with van der Waals surface area (Å²) >= 11 is 0. The van der Waals surface area contributed by atoms with E-state index in [-0.39, 0.29) is 29.9 Å². The number of anilines is 2. The Labute approximate surface area is 155 Å². The van der Waals surface area contributed by atoms with Gasteiger partial charge in [-0.25, -0.2) is 8.78 Å². The number of rotatable bonds is 7. The molecule has 3 rings (SSSR count). The van der Waals surface area contributed by atoms with Crippen molar-refractivity contribution in [3.05, 3.63) is 71.3 Å². The lowest BCUT2D eigenvalue weighted by atomic mass is 10.2. The van der Waals surface area contributed by atoms with Crippen molar-refractivity contribution in [3.63, 3.8) is 0 Å². The van der Waals surface area contributed by atoms with Crippen LogP contribution in [0.15, 0.2) is 48.5 Å². The zero-order valence-corrected chi connectivity index (χ0v) is 14.7. The van der Waals surface area contributed by atoms with E-state index < -0.39 is 0 Å². The Bertz CT molecular complexity index is 907. The quantitative estimate of drug-likeness (QED) is 0.660. The van der Waals surface area contributed by atoms with E-state index in [0.29, 0.717) is 19.0 Å². The van der Waals surface area contributed by atoms with Crippen molar-refractivity contribution in [1.29, 1.82) is 0 Å². The summed E-state index contributed by atoms with van der Waals surface area (Å²) in [5, 5.41) is 10.3. The maximum absolute atomic E-state index is 13.0. The van der Waals surface area contributed by atoms with E-state index in [2.05, 4.69) is 20.7 Å². The fourth-order valence-electron chi connectivity index (χ4n) is 2.39. The average molecular weight is 371 g/mol. The van der Waals surface area contributed by atoms with Gasteiger partial charge in [-0.1, -0.05) is 31.2 Å². The first-order valence-corrected chi connectivity index (χ1v) is 8.52. The second-order valence-corrected chi connectivity index (χ2v) is 5.88. The van der Waals surface area contributed by atoms with Gasteiger partial charge in [0.25, 0.3) is 0 Å². The van der Waals surface area contributed by atoms with Crippen molar-refractivity contribution >= 4 is 17.8 Å². The number of nitrogens with one attached hydrogen (secondary N) is 2. The minimum Gasteiger partial charge on any atom is -0.350 e. The molecule has 0 spiro atoms. The molecule has 0 aliphatic carbocycles. The zero-order chi connectivity index (χ0) is 19.2. The lowest BCUT2D eigenvalue weighted by Crippen LogP contribution is -2.15. The van der Waals surface area contributed by atoms with Crippen LogP contribution in [0.25, 0.3) is 0 Å². The van der Waals surface area contributed by atoms with Crippen LogP contribution in [0.1, 0.15) is 29.3 Å². The molecule has 0 aliphatic rings. The van der Waals surface area contributed by atoms with E-state index >= 15 is 0 Å². The Morgan fingerprint density at radius 2 is 1.44 bits per heavy atom. The first kappa shape index (κ1) is 18.5. The zero-order valence-electron chi connectivity index (χ0n) is 14.7. The van der Waals surface area contributed by atoms with Gasteiger partial charge in [-0.05, 0) is 35.4 Å². The molecule has 3 aromatic rings. The molecule has 140 valence electrons. The number of hydrogen-bond acceptors (Lipinski definition) is 5. The second-order valence-electron chi connectivity index (χ2n) is 5.88. The number of nitrogens with zero attached hydrogens (tertiary/aromatic N) is 3. The molecule has 6 nitrogen and oxygen atoms in total. The molecule has 2 aromatic carbocycles. The Morgan fingerprint density at radius 1 is 0.926 bits per heavy atom. The number of carbonyl (C=O) groups is 1. The lowest BCUT2D eigenvalue weighted by Gasteiger charge is -2.06. The third-order valence-corrected chi connectivity index (χ3v) is 3.87. The molecule has 0 aliphatic heterocycles. The first-order valence-electron chi connectivity index (χ1n) is 8.52. The van der Waals surface area contributed by atoms with Crippen LogP contribution in [0.5, 0.6) is 0 Å². The van der Waals surface area contributed by atoms with E-state index in [4.69, 9.17) is 0 Å². The normalized spacial score (nSPS) is 10.6. The molecule has 1 aromatic heterocycles. The summed E-state index contributed by atoms with van der Waals surface area (Å²) in [7, 11) is 0. The summed E-state index contributed by atoms with van der Waals surface area (Å²) in [5.41, 5.74) is 1.70. The third kappa shape index (κ3) is 4.87. The van der Waals surface area contributed by atoms with Gasteiger partial charge in [-0.2, -0.15) is 9.67 Å². The molecule has 0 bridgehead atoms. The van der Waals surface area contributed by atoms with Crippen LogP contribution in [-0.4, -0.2) is 20.7 Å². The molecule has 0 radical (unpaired) electrons. The summed E-state index contributed by atoms with van der Waals surface area (Å²) in [5.74, 6) is -0.244. The lowest BCUT2D eigenvalue weighted by molar-refractivity contribution is 0.0895. The summed E-state index contributed by atoms with van der Waals surface area (Å²) < 4.78 is 27.2. The minimum absolute atomic E-state index is 0.209. The van der Waals surface area contributed by atoms with Crippen molar-refractivity contribution in [2.75, 3.05) is 10.6 Å². The molecule has 27 heavy (non-hydrogen) atoms. The molecular weight excluding hydrogens is 352 g/mol. The van der Waals surface area contributed by atoms with Crippen LogP contribution in [0.3, 0.4) is 0 Å². The van der Waals surface area contributed by atoms with Gasteiger partial charge in [0, 0.05) is 19.5 Å². The molecule has 0 fully saturated rings. The summed E-state index contributed by atoms with van der Waals surface area (Å²) in [6.07, 6.45) is 0.270. The maximum atomic E-state index is 13.0. The molecule has 0 atom stereocenters. The summed E-state index contributed by atoms with van der Waals surface area (Å²) in [6, 6.07) is 12.1. The Morgan fingerprint density at radius 3 is 1.96 bits per heavy atom. The van der Waals surface area contributed by atoms with Crippen molar-refractivity contribution in [3.8, 4) is 0 Å². The second kappa shape index (κ2) is 8.39. The number of benzene rings is 2. The first-order chi connectivity index (χ1) is 13.0. The summed E-state index contributed by atoms with van der Waals surface area (Å²) in [4.78, 5) is 16.4. The van der Waals surface area contributed by atoms with E-state index in [0.717, 1.165) is 11.1 Å². The molecule has 0 amide bonds. The topological polar surface area (TPSA) is 71.8 Å². The van der Waals surface area contributed by atoms with Gasteiger partial charge in [0.05, 0.1) is 0 Å². The smallest absolute Gasteiger partial charge is 0.249 e. The monoisotopic (exact) mass is 371 g/mol. The highest BCUT2D eigenvalue weighted by atomic mass is 19.1. The Hall–Kier alpha value is -3.29. The Kier molecular flexibility index (Phi) is 5.75. The number of hydrogen-bond donors (Lipinski definition) is 2. The molecule has 2 N–H and O–H groups in total. The average Bonchev–Trinajstić information content (AvgIpc) is 3.10. The number of aromatic nitrogens is 3. The standard InChI is InChI=1S/C19H19F2N5O/c1-2-17(27)26-19(23-12-14-5-9-16(21)10-6-14)24-18(25-26)22-11-13-3-7-15(20)8-4-13/h3-10H,2,11-12H2,1H3,(H2,22,23,24,25). The van der Waals surface area contributed by atoms with Gasteiger partial charge in [0.2, 0.25) is 17.8 Å². The van der Waals surface area contributed by atoms with Gasteiger partial charge >= 0.3 is 0 Å². The van der Waals surface area contributed by atoms with Crippen LogP contribution in [-0.2, 0) is 13.1 Å². The van der Waals surface area contributed by atoms with Gasteiger partial charge in [0.1, 0.15) is 11.6 Å². The highest BCUT2D eigenvalue weighted by Crippen LogP contribution is 2.13. The van der Waals surface area contributed by atoms with Crippen molar-refractivity contribution in [2.24, 2.45) is 0 Å². The van der Waals surface area contributed by atoms with Gasteiger partial charge in [-0.15, -0.1) is 5.10 Å². The molecule has 0 unspecified atom stereocenters. The number of halogens is 2. The molecule has 8 heteroatoms. The van der Waals surface area contributed by atoms with Crippen LogP contribution >= 0.6 is 0 Å².